The fourth-order valence-electron chi connectivity index (χ4n) is 2.63. The topological polar surface area (TPSA) is 99.9 Å². The highest BCUT2D eigenvalue weighted by atomic mass is 16.6. The molecule has 1 unspecified atom stereocenters. The SMILES string of the molecule is COc1cc(CNC(=O)C(C)Oc2ccccc2[N+](=O)[O-])ccc1OCCC(C)C. The van der Waals surface area contributed by atoms with E-state index in [-0.39, 0.29) is 23.9 Å². The number of para-hydroxylation sites is 2. The smallest absolute Gasteiger partial charge is 0.310 e. The van der Waals surface area contributed by atoms with Gasteiger partial charge in [-0.05, 0) is 43.0 Å². The molecular formula is C22H28N2O6. The molecule has 2 aromatic rings. The Labute approximate surface area is 176 Å². The summed E-state index contributed by atoms with van der Waals surface area (Å²) >= 11 is 0. The first-order chi connectivity index (χ1) is 14.3. The predicted molar refractivity (Wildman–Crippen MR) is 113 cm³/mol. The standard InChI is InChI=1S/C22H28N2O6/c1-15(2)11-12-29-20-10-9-17(13-21(20)28-4)14-23-22(25)16(3)30-19-8-6-5-7-18(19)24(26)27/h5-10,13,15-16H,11-12,14H2,1-4H3,(H,23,25). The molecule has 1 amide bonds. The maximum Gasteiger partial charge on any atom is 0.310 e. The summed E-state index contributed by atoms with van der Waals surface area (Å²) in [6, 6.07) is 11.4. The van der Waals surface area contributed by atoms with Crippen molar-refractivity contribution in [2.24, 2.45) is 5.92 Å². The molecule has 0 bridgehead atoms. The number of ether oxygens (including phenoxy) is 3. The quantitative estimate of drug-likeness (QED) is 0.437. The van der Waals surface area contributed by atoms with Crippen molar-refractivity contribution in [1.82, 2.24) is 5.32 Å². The van der Waals surface area contributed by atoms with Crippen molar-refractivity contribution >= 4 is 11.6 Å². The number of carbonyl (C=O) groups excluding carboxylic acids is 1. The van der Waals surface area contributed by atoms with E-state index < -0.39 is 11.0 Å². The Kier molecular flexibility index (Phi) is 8.46. The Bertz CT molecular complexity index is 868. The number of carbonyl (C=O) groups is 1. The van der Waals surface area contributed by atoms with Crippen molar-refractivity contribution in [3.63, 3.8) is 0 Å². The molecule has 0 radical (unpaired) electrons. The van der Waals surface area contributed by atoms with Crippen LogP contribution in [-0.2, 0) is 11.3 Å². The molecule has 8 nitrogen and oxygen atoms in total. The zero-order chi connectivity index (χ0) is 22.1. The van der Waals surface area contributed by atoms with Gasteiger partial charge in [-0.25, -0.2) is 0 Å². The molecule has 162 valence electrons. The number of nitro groups is 1. The monoisotopic (exact) mass is 416 g/mol. The Hall–Kier alpha value is -3.29. The molecule has 0 spiro atoms. The zero-order valence-corrected chi connectivity index (χ0v) is 17.7. The number of hydrogen-bond donors (Lipinski definition) is 1. The lowest BCUT2D eigenvalue weighted by Crippen LogP contribution is -2.36. The first-order valence-corrected chi connectivity index (χ1v) is 9.79. The normalized spacial score (nSPS) is 11.6. The molecule has 2 aromatic carbocycles. The van der Waals surface area contributed by atoms with Crippen LogP contribution in [-0.4, -0.2) is 30.7 Å². The number of methoxy groups -OCH3 is 1. The molecule has 2 rings (SSSR count). The van der Waals surface area contributed by atoms with Gasteiger partial charge >= 0.3 is 5.69 Å². The summed E-state index contributed by atoms with van der Waals surface area (Å²) in [6.07, 6.45) is 0.0463. The van der Waals surface area contributed by atoms with Crippen molar-refractivity contribution < 1.29 is 23.9 Å². The van der Waals surface area contributed by atoms with Gasteiger partial charge in [0.15, 0.2) is 23.4 Å². The average molecular weight is 416 g/mol. The van der Waals surface area contributed by atoms with Crippen LogP contribution in [0.5, 0.6) is 17.2 Å². The average Bonchev–Trinajstić information content (AvgIpc) is 2.72. The Morgan fingerprint density at radius 3 is 2.50 bits per heavy atom. The van der Waals surface area contributed by atoms with E-state index in [0.717, 1.165) is 12.0 Å². The van der Waals surface area contributed by atoms with Crippen LogP contribution in [0.15, 0.2) is 42.5 Å². The van der Waals surface area contributed by atoms with Crippen molar-refractivity contribution in [2.45, 2.75) is 39.8 Å². The molecule has 0 aliphatic carbocycles. The van der Waals surface area contributed by atoms with E-state index in [9.17, 15) is 14.9 Å². The van der Waals surface area contributed by atoms with E-state index in [1.54, 1.807) is 25.3 Å². The lowest BCUT2D eigenvalue weighted by Gasteiger charge is -2.16. The fourth-order valence-corrected chi connectivity index (χ4v) is 2.63. The van der Waals surface area contributed by atoms with Gasteiger partial charge in [-0.1, -0.05) is 32.0 Å². The van der Waals surface area contributed by atoms with Gasteiger partial charge in [-0.3, -0.25) is 14.9 Å². The number of rotatable bonds is 11. The van der Waals surface area contributed by atoms with E-state index >= 15 is 0 Å². The zero-order valence-electron chi connectivity index (χ0n) is 17.7. The number of hydrogen-bond acceptors (Lipinski definition) is 6. The van der Waals surface area contributed by atoms with Crippen LogP contribution in [0.25, 0.3) is 0 Å². The molecule has 0 saturated carbocycles. The maximum absolute atomic E-state index is 12.4. The summed E-state index contributed by atoms with van der Waals surface area (Å²) in [5.74, 6) is 1.46. The molecule has 8 heteroatoms. The van der Waals surface area contributed by atoms with E-state index in [1.807, 2.05) is 12.1 Å². The highest BCUT2D eigenvalue weighted by molar-refractivity contribution is 5.80. The Morgan fingerprint density at radius 1 is 1.10 bits per heavy atom. The summed E-state index contributed by atoms with van der Waals surface area (Å²) in [7, 11) is 1.57. The highest BCUT2D eigenvalue weighted by Crippen LogP contribution is 2.29. The largest absolute Gasteiger partial charge is 0.493 e. The second kappa shape index (κ2) is 11.0. The van der Waals surface area contributed by atoms with Crippen molar-refractivity contribution in [3.05, 3.63) is 58.1 Å². The minimum atomic E-state index is -0.897. The van der Waals surface area contributed by atoms with Crippen LogP contribution < -0.4 is 19.5 Å². The molecule has 0 saturated heterocycles. The Balaban J connectivity index is 1.94. The maximum atomic E-state index is 12.4. The molecule has 0 heterocycles. The van der Waals surface area contributed by atoms with E-state index in [0.29, 0.717) is 24.0 Å². The summed E-state index contributed by atoms with van der Waals surface area (Å²) in [6.45, 7) is 6.66. The number of nitrogens with zero attached hydrogens (tertiary/aromatic N) is 1. The third-order valence-corrected chi connectivity index (χ3v) is 4.38. The number of nitro benzene ring substituents is 1. The molecule has 1 atom stereocenters. The number of nitrogens with one attached hydrogen (secondary N) is 1. The van der Waals surface area contributed by atoms with E-state index in [2.05, 4.69) is 19.2 Å². The number of benzene rings is 2. The van der Waals surface area contributed by atoms with Crippen LogP contribution in [0.1, 0.15) is 32.8 Å². The highest BCUT2D eigenvalue weighted by Gasteiger charge is 2.20. The van der Waals surface area contributed by atoms with Gasteiger partial charge in [0.25, 0.3) is 5.91 Å². The number of amides is 1. The van der Waals surface area contributed by atoms with Crippen LogP contribution in [0.4, 0.5) is 5.69 Å². The lowest BCUT2D eigenvalue weighted by molar-refractivity contribution is -0.386. The second-order valence-electron chi connectivity index (χ2n) is 7.22. The lowest BCUT2D eigenvalue weighted by atomic mass is 10.1. The van der Waals surface area contributed by atoms with E-state index in [1.165, 1.54) is 19.1 Å². The van der Waals surface area contributed by atoms with Gasteiger partial charge in [-0.2, -0.15) is 0 Å². The summed E-state index contributed by atoms with van der Waals surface area (Å²) in [4.78, 5) is 22.9. The third-order valence-electron chi connectivity index (χ3n) is 4.38. The van der Waals surface area contributed by atoms with Gasteiger partial charge in [-0.15, -0.1) is 0 Å². The van der Waals surface area contributed by atoms with Crippen LogP contribution >= 0.6 is 0 Å². The molecule has 0 aliphatic heterocycles. The van der Waals surface area contributed by atoms with Crippen molar-refractivity contribution in [2.75, 3.05) is 13.7 Å². The summed E-state index contributed by atoms with van der Waals surface area (Å²) in [5.41, 5.74) is 0.643. The third kappa shape index (κ3) is 6.65. The molecule has 0 fully saturated rings. The van der Waals surface area contributed by atoms with Gasteiger partial charge in [0, 0.05) is 12.6 Å². The minimum Gasteiger partial charge on any atom is -0.493 e. The van der Waals surface area contributed by atoms with Gasteiger partial charge in [0.2, 0.25) is 0 Å². The van der Waals surface area contributed by atoms with Gasteiger partial charge < -0.3 is 19.5 Å². The fraction of sp³-hybridized carbons (Fsp3) is 0.409. The van der Waals surface area contributed by atoms with E-state index in [4.69, 9.17) is 14.2 Å². The Morgan fingerprint density at radius 2 is 1.83 bits per heavy atom. The molecular weight excluding hydrogens is 388 g/mol. The van der Waals surface area contributed by atoms with Crippen molar-refractivity contribution in [3.8, 4) is 17.2 Å². The van der Waals surface area contributed by atoms with Crippen LogP contribution in [0, 0.1) is 16.0 Å². The predicted octanol–water partition coefficient (Wildman–Crippen LogP) is 4.11. The first kappa shape index (κ1) is 23.0. The van der Waals surface area contributed by atoms with Gasteiger partial charge in [0.1, 0.15) is 0 Å². The summed E-state index contributed by atoms with van der Waals surface area (Å²) in [5, 5.41) is 13.8. The second-order valence-corrected chi connectivity index (χ2v) is 7.22. The molecule has 0 aliphatic rings. The van der Waals surface area contributed by atoms with Crippen LogP contribution in [0.3, 0.4) is 0 Å². The molecule has 1 N–H and O–H groups in total. The minimum absolute atomic E-state index is 0.0507. The van der Waals surface area contributed by atoms with Gasteiger partial charge in [0.05, 0.1) is 18.6 Å². The molecule has 30 heavy (non-hydrogen) atoms. The summed E-state index contributed by atoms with van der Waals surface area (Å²) < 4.78 is 16.6. The van der Waals surface area contributed by atoms with Crippen molar-refractivity contribution in [1.29, 1.82) is 0 Å². The first-order valence-electron chi connectivity index (χ1n) is 9.79. The van der Waals surface area contributed by atoms with Crippen LogP contribution in [0.2, 0.25) is 0 Å². The molecule has 0 aromatic heterocycles.